The molecule has 0 spiro atoms. The lowest BCUT2D eigenvalue weighted by Crippen LogP contribution is -2.09. The van der Waals surface area contributed by atoms with Crippen molar-refractivity contribution >= 4 is 29.8 Å². The van der Waals surface area contributed by atoms with Crippen molar-refractivity contribution in [2.45, 2.75) is 20.8 Å². The third-order valence-corrected chi connectivity index (χ3v) is 4.09. The van der Waals surface area contributed by atoms with Gasteiger partial charge in [-0.15, -0.1) is 0 Å². The summed E-state index contributed by atoms with van der Waals surface area (Å²) >= 11 is 0. The predicted molar refractivity (Wildman–Crippen MR) is 107 cm³/mol. The first-order valence-electron chi connectivity index (χ1n) is 8.91. The number of nitrogens with zero attached hydrogens (tertiary/aromatic N) is 1. The van der Waals surface area contributed by atoms with Crippen LogP contribution in [0.3, 0.4) is 0 Å². The lowest BCUT2D eigenvalue weighted by molar-refractivity contribution is 0.0518. The topological polar surface area (TPSA) is 71.6 Å². The molecule has 6 heteroatoms. The summed E-state index contributed by atoms with van der Waals surface area (Å²) in [5.41, 5.74) is 3.73. The van der Waals surface area contributed by atoms with Gasteiger partial charge in [0.2, 0.25) is 0 Å². The first kappa shape index (κ1) is 20.3. The number of H-pyrrole nitrogens is 1. The van der Waals surface area contributed by atoms with Crippen molar-refractivity contribution in [2.24, 2.45) is 0 Å². The number of carbonyl (C=O) groups excluding carboxylic acids is 2. The Labute approximate surface area is 159 Å². The Morgan fingerprint density at radius 3 is 2.15 bits per heavy atom. The number of aromatic amines is 1. The molecule has 27 heavy (non-hydrogen) atoms. The summed E-state index contributed by atoms with van der Waals surface area (Å²) < 4.78 is 10.2. The number of anilines is 1. The number of benzene rings is 1. The van der Waals surface area contributed by atoms with Crippen LogP contribution in [0.4, 0.5) is 5.69 Å². The molecule has 0 aliphatic heterocycles. The van der Waals surface area contributed by atoms with Gasteiger partial charge in [-0.3, -0.25) is 0 Å². The van der Waals surface area contributed by atoms with Gasteiger partial charge in [-0.1, -0.05) is 18.2 Å². The van der Waals surface area contributed by atoms with Gasteiger partial charge in [-0.2, -0.15) is 0 Å². The molecule has 0 saturated carbocycles. The van der Waals surface area contributed by atoms with E-state index in [4.69, 9.17) is 9.47 Å². The Morgan fingerprint density at radius 2 is 1.59 bits per heavy atom. The summed E-state index contributed by atoms with van der Waals surface area (Å²) in [6.45, 7) is 5.70. The fourth-order valence-electron chi connectivity index (χ4n) is 2.68. The number of ether oxygens (including phenoxy) is 2. The molecule has 0 bridgehead atoms. The zero-order valence-corrected chi connectivity index (χ0v) is 16.5. The standard InChI is InChI=1S/C21H26N2O4/c1-6-26-20(24)18-14(3)19(21(25)27-7-2)22-17(18)13-10-15-8-11-16(12-9-15)23(4)5/h8-13,22H,6-7H2,1-5H3/b13-10+. The molecule has 0 atom stereocenters. The van der Waals surface area contributed by atoms with E-state index < -0.39 is 11.9 Å². The second-order valence-electron chi connectivity index (χ2n) is 6.17. The van der Waals surface area contributed by atoms with E-state index in [0.717, 1.165) is 11.3 Å². The van der Waals surface area contributed by atoms with Crippen LogP contribution in [0.2, 0.25) is 0 Å². The van der Waals surface area contributed by atoms with E-state index >= 15 is 0 Å². The molecule has 1 aromatic carbocycles. The lowest BCUT2D eigenvalue weighted by Gasteiger charge is -2.11. The summed E-state index contributed by atoms with van der Waals surface area (Å²) in [5, 5.41) is 0. The first-order chi connectivity index (χ1) is 12.9. The maximum atomic E-state index is 12.4. The van der Waals surface area contributed by atoms with Crippen LogP contribution in [0.25, 0.3) is 12.2 Å². The van der Waals surface area contributed by atoms with E-state index in [1.165, 1.54) is 0 Å². The van der Waals surface area contributed by atoms with Gasteiger partial charge in [-0.25, -0.2) is 9.59 Å². The van der Waals surface area contributed by atoms with E-state index in [0.29, 0.717) is 16.8 Å². The monoisotopic (exact) mass is 370 g/mol. The molecule has 144 valence electrons. The van der Waals surface area contributed by atoms with E-state index in [2.05, 4.69) is 4.98 Å². The molecular weight excluding hydrogens is 344 g/mol. The van der Waals surface area contributed by atoms with Crippen molar-refractivity contribution in [1.82, 2.24) is 4.98 Å². The number of rotatable bonds is 7. The molecule has 6 nitrogen and oxygen atoms in total. The summed E-state index contributed by atoms with van der Waals surface area (Å²) in [5.74, 6) is -0.958. The molecule has 2 rings (SSSR count). The normalized spacial score (nSPS) is 10.9. The number of carbonyl (C=O) groups is 2. The summed E-state index contributed by atoms with van der Waals surface area (Å²) in [6.07, 6.45) is 3.65. The Morgan fingerprint density at radius 1 is 1.00 bits per heavy atom. The van der Waals surface area contributed by atoms with Crippen LogP contribution in [-0.4, -0.2) is 44.2 Å². The molecule has 1 heterocycles. The van der Waals surface area contributed by atoms with Gasteiger partial charge in [0.25, 0.3) is 0 Å². The van der Waals surface area contributed by atoms with Crippen LogP contribution in [0.15, 0.2) is 24.3 Å². The Hall–Kier alpha value is -3.02. The van der Waals surface area contributed by atoms with Gasteiger partial charge in [0.1, 0.15) is 5.69 Å². The third kappa shape index (κ3) is 4.78. The van der Waals surface area contributed by atoms with Crippen molar-refractivity contribution in [3.8, 4) is 0 Å². The Balaban J connectivity index is 2.39. The van der Waals surface area contributed by atoms with Crippen LogP contribution in [0.1, 0.15) is 51.5 Å². The van der Waals surface area contributed by atoms with E-state index in [-0.39, 0.29) is 18.9 Å². The van der Waals surface area contributed by atoms with Crippen LogP contribution >= 0.6 is 0 Å². The smallest absolute Gasteiger partial charge is 0.355 e. The Bertz CT molecular complexity index is 833. The van der Waals surface area contributed by atoms with Crippen LogP contribution in [0, 0.1) is 6.92 Å². The molecule has 0 saturated heterocycles. The number of esters is 2. The summed E-state index contributed by atoms with van der Waals surface area (Å²) in [7, 11) is 3.96. The molecule has 1 N–H and O–H groups in total. The van der Waals surface area contributed by atoms with Crippen molar-refractivity contribution in [3.05, 3.63) is 52.3 Å². The first-order valence-corrected chi connectivity index (χ1v) is 8.91. The van der Waals surface area contributed by atoms with E-state index in [1.807, 2.05) is 49.3 Å². The van der Waals surface area contributed by atoms with Crippen LogP contribution in [0.5, 0.6) is 0 Å². The molecule has 1 aromatic heterocycles. The summed E-state index contributed by atoms with van der Waals surface area (Å²) in [4.78, 5) is 29.6. The second kappa shape index (κ2) is 9.07. The maximum Gasteiger partial charge on any atom is 0.355 e. The largest absolute Gasteiger partial charge is 0.462 e. The van der Waals surface area contributed by atoms with Gasteiger partial charge in [-0.05, 0) is 50.1 Å². The maximum absolute atomic E-state index is 12.4. The number of nitrogens with one attached hydrogen (secondary N) is 1. The van der Waals surface area contributed by atoms with E-state index in [9.17, 15) is 9.59 Å². The molecular formula is C21H26N2O4. The van der Waals surface area contributed by atoms with E-state index in [1.54, 1.807) is 26.8 Å². The highest BCUT2D eigenvalue weighted by atomic mass is 16.5. The minimum Gasteiger partial charge on any atom is -0.462 e. The minimum absolute atomic E-state index is 0.257. The molecule has 0 aliphatic rings. The number of hydrogen-bond acceptors (Lipinski definition) is 5. The Kier molecular flexibility index (Phi) is 6.82. The fraction of sp³-hybridized carbons (Fsp3) is 0.333. The van der Waals surface area contributed by atoms with Crippen molar-refractivity contribution in [1.29, 1.82) is 0 Å². The predicted octanol–water partition coefficient (Wildman–Crippen LogP) is 3.91. The minimum atomic E-state index is -0.490. The quantitative estimate of drug-likeness (QED) is 0.748. The van der Waals surface area contributed by atoms with Gasteiger partial charge in [0.15, 0.2) is 0 Å². The second-order valence-corrected chi connectivity index (χ2v) is 6.17. The number of hydrogen-bond donors (Lipinski definition) is 1. The van der Waals surface area contributed by atoms with Crippen molar-refractivity contribution in [3.63, 3.8) is 0 Å². The molecule has 0 unspecified atom stereocenters. The molecule has 2 aromatic rings. The summed E-state index contributed by atoms with van der Waals surface area (Å²) in [6, 6.07) is 7.99. The highest BCUT2D eigenvalue weighted by Gasteiger charge is 2.24. The lowest BCUT2D eigenvalue weighted by atomic mass is 10.1. The highest BCUT2D eigenvalue weighted by Crippen LogP contribution is 2.23. The zero-order chi connectivity index (χ0) is 20.0. The van der Waals surface area contributed by atoms with Gasteiger partial charge in [0.05, 0.1) is 24.5 Å². The molecule has 0 radical (unpaired) electrons. The molecule has 0 fully saturated rings. The third-order valence-electron chi connectivity index (χ3n) is 4.09. The van der Waals surface area contributed by atoms with Gasteiger partial charge < -0.3 is 19.4 Å². The highest BCUT2D eigenvalue weighted by molar-refractivity contribution is 6.01. The van der Waals surface area contributed by atoms with Crippen LogP contribution in [-0.2, 0) is 9.47 Å². The van der Waals surface area contributed by atoms with Gasteiger partial charge in [0, 0.05) is 19.8 Å². The average molecular weight is 370 g/mol. The molecule has 0 aliphatic carbocycles. The van der Waals surface area contributed by atoms with Gasteiger partial charge >= 0.3 is 11.9 Å². The SMILES string of the molecule is CCOC(=O)c1[nH]c(/C=C/c2ccc(N(C)C)cc2)c(C(=O)OCC)c1C. The molecule has 0 amide bonds. The van der Waals surface area contributed by atoms with Crippen molar-refractivity contribution in [2.75, 3.05) is 32.2 Å². The average Bonchev–Trinajstić information content (AvgIpc) is 2.97. The number of aromatic nitrogens is 1. The van der Waals surface area contributed by atoms with Crippen molar-refractivity contribution < 1.29 is 19.1 Å². The van der Waals surface area contributed by atoms with Crippen LogP contribution < -0.4 is 4.90 Å². The fourth-order valence-corrected chi connectivity index (χ4v) is 2.68. The zero-order valence-electron chi connectivity index (χ0n) is 16.5.